The molecule has 1 N–H and O–H groups in total. The van der Waals surface area contributed by atoms with Crippen LogP contribution in [0.2, 0.25) is 0 Å². The van der Waals surface area contributed by atoms with E-state index in [0.29, 0.717) is 0 Å². The summed E-state index contributed by atoms with van der Waals surface area (Å²) in [6.07, 6.45) is 2.75. The maximum Gasteiger partial charge on any atom is 0.0110 e. The van der Waals surface area contributed by atoms with Gasteiger partial charge in [-0.15, -0.1) is 0 Å². The molecule has 2 heteroatoms. The Bertz CT molecular complexity index is 181. The fourth-order valence-corrected chi connectivity index (χ4v) is 3.04. The van der Waals surface area contributed by atoms with Crippen LogP contribution in [0.5, 0.6) is 0 Å². The monoisotopic (exact) mass is 212 g/mol. The molecule has 0 amide bonds. The second kappa shape index (κ2) is 5.86. The van der Waals surface area contributed by atoms with Crippen LogP contribution in [0.15, 0.2) is 0 Å². The third kappa shape index (κ3) is 3.46. The van der Waals surface area contributed by atoms with Crippen molar-refractivity contribution < 1.29 is 0 Å². The number of rotatable bonds is 4. The van der Waals surface area contributed by atoms with Gasteiger partial charge in [-0.05, 0) is 51.2 Å². The van der Waals surface area contributed by atoms with Crippen molar-refractivity contribution >= 4 is 0 Å². The van der Waals surface area contributed by atoms with Gasteiger partial charge in [0.2, 0.25) is 0 Å². The molecular weight excluding hydrogens is 184 g/mol. The van der Waals surface area contributed by atoms with Gasteiger partial charge in [0.15, 0.2) is 0 Å². The number of nitrogens with zero attached hydrogens (tertiary/aromatic N) is 1. The highest BCUT2D eigenvalue weighted by Gasteiger charge is 2.33. The van der Waals surface area contributed by atoms with Crippen LogP contribution in [0, 0.1) is 17.8 Å². The van der Waals surface area contributed by atoms with E-state index in [4.69, 9.17) is 0 Å². The highest BCUT2D eigenvalue weighted by molar-refractivity contribution is 4.88. The lowest BCUT2D eigenvalue weighted by Gasteiger charge is -2.41. The molecule has 4 unspecified atom stereocenters. The molecular formula is C13H28N2. The lowest BCUT2D eigenvalue weighted by molar-refractivity contribution is 0.117. The summed E-state index contributed by atoms with van der Waals surface area (Å²) in [4.78, 5) is 2.45. The van der Waals surface area contributed by atoms with Crippen LogP contribution in [0.3, 0.4) is 0 Å². The van der Waals surface area contributed by atoms with Crippen molar-refractivity contribution in [2.45, 2.75) is 39.7 Å². The van der Waals surface area contributed by atoms with E-state index in [1.54, 1.807) is 0 Å². The Labute approximate surface area is 95.4 Å². The quantitative estimate of drug-likeness (QED) is 0.768. The summed E-state index contributed by atoms with van der Waals surface area (Å²) in [5, 5.41) is 3.52. The van der Waals surface area contributed by atoms with Gasteiger partial charge in [-0.2, -0.15) is 0 Å². The zero-order valence-electron chi connectivity index (χ0n) is 11.1. The molecule has 0 aromatic carbocycles. The minimum atomic E-state index is 0.720. The average molecular weight is 212 g/mol. The van der Waals surface area contributed by atoms with Crippen LogP contribution in [0.1, 0.15) is 33.6 Å². The standard InChI is InChI=1S/C13H28N2/c1-6-15(5)9-12-11(3)7-10(2)8-13(12)14-4/h10-14H,6-9H2,1-5H3. The summed E-state index contributed by atoms with van der Waals surface area (Å²) in [7, 11) is 4.35. The molecule has 0 aliphatic heterocycles. The van der Waals surface area contributed by atoms with Crippen molar-refractivity contribution in [3.8, 4) is 0 Å². The van der Waals surface area contributed by atoms with E-state index < -0.39 is 0 Å². The molecule has 0 spiro atoms. The molecule has 0 radical (unpaired) electrons. The Morgan fingerprint density at radius 1 is 1.27 bits per heavy atom. The van der Waals surface area contributed by atoms with Crippen LogP contribution in [0.25, 0.3) is 0 Å². The third-order valence-electron chi connectivity index (χ3n) is 4.11. The average Bonchev–Trinajstić information content (AvgIpc) is 2.21. The van der Waals surface area contributed by atoms with E-state index in [9.17, 15) is 0 Å². The molecule has 90 valence electrons. The predicted octanol–water partition coefficient (Wildman–Crippen LogP) is 2.21. The van der Waals surface area contributed by atoms with Gasteiger partial charge in [-0.3, -0.25) is 0 Å². The number of nitrogens with one attached hydrogen (secondary N) is 1. The molecule has 1 fully saturated rings. The van der Waals surface area contributed by atoms with Crippen LogP contribution >= 0.6 is 0 Å². The zero-order chi connectivity index (χ0) is 11.4. The van der Waals surface area contributed by atoms with Gasteiger partial charge in [0.05, 0.1) is 0 Å². The molecule has 1 aliphatic carbocycles. The topological polar surface area (TPSA) is 15.3 Å². The molecule has 0 heterocycles. The van der Waals surface area contributed by atoms with Crippen molar-refractivity contribution in [2.24, 2.45) is 17.8 Å². The Kier molecular flexibility index (Phi) is 5.07. The van der Waals surface area contributed by atoms with Crippen molar-refractivity contribution in [3.05, 3.63) is 0 Å². The highest BCUT2D eigenvalue weighted by atomic mass is 15.1. The Morgan fingerprint density at radius 3 is 2.47 bits per heavy atom. The largest absolute Gasteiger partial charge is 0.317 e. The fraction of sp³-hybridized carbons (Fsp3) is 1.00. The normalized spacial score (nSPS) is 37.2. The van der Waals surface area contributed by atoms with E-state index in [1.165, 1.54) is 19.4 Å². The lowest BCUT2D eigenvalue weighted by Crippen LogP contribution is -2.47. The summed E-state index contributed by atoms with van der Waals surface area (Å²) < 4.78 is 0. The molecule has 0 aromatic rings. The van der Waals surface area contributed by atoms with Crippen LogP contribution in [-0.4, -0.2) is 38.1 Å². The molecule has 1 aliphatic rings. The summed E-state index contributed by atoms with van der Waals surface area (Å²) in [6, 6.07) is 0.720. The van der Waals surface area contributed by atoms with Gasteiger partial charge < -0.3 is 10.2 Å². The van der Waals surface area contributed by atoms with E-state index in [-0.39, 0.29) is 0 Å². The van der Waals surface area contributed by atoms with E-state index in [2.05, 4.69) is 45.1 Å². The van der Waals surface area contributed by atoms with Gasteiger partial charge in [-0.1, -0.05) is 20.8 Å². The smallest absolute Gasteiger partial charge is 0.0110 e. The van der Waals surface area contributed by atoms with Crippen LogP contribution in [0.4, 0.5) is 0 Å². The Morgan fingerprint density at radius 2 is 1.93 bits per heavy atom. The summed E-state index contributed by atoms with van der Waals surface area (Å²) in [5.74, 6) is 2.58. The minimum absolute atomic E-state index is 0.720. The first-order valence-electron chi connectivity index (χ1n) is 6.44. The first kappa shape index (κ1) is 13.0. The van der Waals surface area contributed by atoms with Crippen LogP contribution in [-0.2, 0) is 0 Å². The maximum absolute atomic E-state index is 3.52. The van der Waals surface area contributed by atoms with Gasteiger partial charge in [0, 0.05) is 12.6 Å². The highest BCUT2D eigenvalue weighted by Crippen LogP contribution is 2.33. The molecule has 15 heavy (non-hydrogen) atoms. The zero-order valence-corrected chi connectivity index (χ0v) is 11.1. The number of hydrogen-bond acceptors (Lipinski definition) is 2. The second-order valence-corrected chi connectivity index (χ2v) is 5.47. The lowest BCUT2D eigenvalue weighted by atomic mass is 9.72. The SMILES string of the molecule is CCN(C)CC1C(C)CC(C)CC1NC. The summed E-state index contributed by atoms with van der Waals surface area (Å²) in [5.41, 5.74) is 0. The Balaban J connectivity index is 2.57. The maximum atomic E-state index is 3.52. The molecule has 0 bridgehead atoms. The van der Waals surface area contributed by atoms with Crippen molar-refractivity contribution in [3.63, 3.8) is 0 Å². The Hall–Kier alpha value is -0.0800. The van der Waals surface area contributed by atoms with Gasteiger partial charge in [0.25, 0.3) is 0 Å². The van der Waals surface area contributed by atoms with Gasteiger partial charge in [-0.25, -0.2) is 0 Å². The van der Waals surface area contributed by atoms with Gasteiger partial charge >= 0.3 is 0 Å². The van der Waals surface area contributed by atoms with Crippen molar-refractivity contribution in [1.82, 2.24) is 10.2 Å². The van der Waals surface area contributed by atoms with Crippen molar-refractivity contribution in [1.29, 1.82) is 0 Å². The van der Waals surface area contributed by atoms with E-state index >= 15 is 0 Å². The van der Waals surface area contributed by atoms with Crippen LogP contribution < -0.4 is 5.32 Å². The third-order valence-corrected chi connectivity index (χ3v) is 4.11. The summed E-state index contributed by atoms with van der Waals surface area (Å²) >= 11 is 0. The second-order valence-electron chi connectivity index (χ2n) is 5.47. The summed E-state index contributed by atoms with van der Waals surface area (Å²) in [6.45, 7) is 9.46. The first-order chi connectivity index (χ1) is 7.08. The predicted molar refractivity (Wildman–Crippen MR) is 67.1 cm³/mol. The molecule has 2 nitrogen and oxygen atoms in total. The molecule has 0 aromatic heterocycles. The first-order valence-corrected chi connectivity index (χ1v) is 6.44. The van der Waals surface area contributed by atoms with Crippen molar-refractivity contribution in [2.75, 3.05) is 27.2 Å². The van der Waals surface area contributed by atoms with E-state index in [1.807, 2.05) is 0 Å². The van der Waals surface area contributed by atoms with E-state index in [0.717, 1.165) is 30.3 Å². The molecule has 0 saturated heterocycles. The fourth-order valence-electron chi connectivity index (χ4n) is 3.04. The molecule has 4 atom stereocenters. The van der Waals surface area contributed by atoms with Gasteiger partial charge in [0.1, 0.15) is 0 Å². The molecule has 1 saturated carbocycles. The molecule has 1 rings (SSSR count). The number of hydrogen-bond donors (Lipinski definition) is 1. The minimum Gasteiger partial charge on any atom is -0.317 e.